The van der Waals surface area contributed by atoms with E-state index in [0.717, 1.165) is 4.47 Å². The Bertz CT molecular complexity index is 736. The summed E-state index contributed by atoms with van der Waals surface area (Å²) < 4.78 is 6.03. The fraction of sp³-hybridized carbons (Fsp3) is 0.125. The van der Waals surface area contributed by atoms with E-state index in [9.17, 15) is 9.59 Å². The molecule has 0 saturated carbocycles. The second-order valence-corrected chi connectivity index (χ2v) is 6.43. The molecule has 0 unspecified atom stereocenters. The van der Waals surface area contributed by atoms with Crippen LogP contribution in [0.4, 0.5) is 5.69 Å². The summed E-state index contributed by atoms with van der Waals surface area (Å²) in [6, 6.07) is 11.8. The maximum Gasteiger partial charge on any atom is 0.258 e. The van der Waals surface area contributed by atoms with E-state index >= 15 is 0 Å². The van der Waals surface area contributed by atoms with Crippen LogP contribution in [0.15, 0.2) is 46.9 Å². The SMILES string of the molecule is O=C(COc1cc(Cl)cc(Cl)c1)NCC(=O)Nc1ccccc1Br. The van der Waals surface area contributed by atoms with E-state index in [0.29, 0.717) is 21.5 Å². The Morgan fingerprint density at radius 3 is 2.38 bits per heavy atom. The number of carbonyl (C=O) groups is 2. The second-order valence-electron chi connectivity index (χ2n) is 4.70. The molecular formula is C16H13BrCl2N2O3. The Kier molecular flexibility index (Phi) is 6.90. The minimum absolute atomic E-state index is 0.167. The zero-order valence-corrected chi connectivity index (χ0v) is 15.4. The fourth-order valence-electron chi connectivity index (χ4n) is 1.75. The number of rotatable bonds is 6. The van der Waals surface area contributed by atoms with Crippen molar-refractivity contribution in [2.24, 2.45) is 0 Å². The topological polar surface area (TPSA) is 67.4 Å². The first kappa shape index (κ1) is 18.6. The summed E-state index contributed by atoms with van der Waals surface area (Å²) in [5.41, 5.74) is 0.626. The number of halogens is 3. The Labute approximate surface area is 157 Å². The molecule has 0 fully saturated rings. The lowest BCUT2D eigenvalue weighted by molar-refractivity contribution is -0.125. The molecule has 0 bridgehead atoms. The van der Waals surface area contributed by atoms with Crippen molar-refractivity contribution in [3.63, 3.8) is 0 Å². The van der Waals surface area contributed by atoms with E-state index in [1.807, 2.05) is 6.07 Å². The maximum absolute atomic E-state index is 11.8. The third-order valence-electron chi connectivity index (χ3n) is 2.80. The first-order chi connectivity index (χ1) is 11.4. The molecule has 0 aliphatic rings. The van der Waals surface area contributed by atoms with Gasteiger partial charge in [-0.3, -0.25) is 9.59 Å². The van der Waals surface area contributed by atoms with Crippen LogP contribution < -0.4 is 15.4 Å². The average molecular weight is 432 g/mol. The maximum atomic E-state index is 11.8. The number of hydrogen-bond donors (Lipinski definition) is 2. The quantitative estimate of drug-likeness (QED) is 0.728. The summed E-state index contributed by atoms with van der Waals surface area (Å²) in [4.78, 5) is 23.5. The van der Waals surface area contributed by atoms with E-state index in [4.69, 9.17) is 27.9 Å². The molecule has 2 N–H and O–H groups in total. The van der Waals surface area contributed by atoms with Gasteiger partial charge in [-0.2, -0.15) is 0 Å². The number of para-hydroxylation sites is 1. The van der Waals surface area contributed by atoms with Crippen LogP contribution in [-0.4, -0.2) is 25.0 Å². The molecule has 2 aromatic rings. The van der Waals surface area contributed by atoms with Gasteiger partial charge in [0.25, 0.3) is 5.91 Å². The highest BCUT2D eigenvalue weighted by Gasteiger charge is 2.08. The van der Waals surface area contributed by atoms with E-state index in [1.165, 1.54) is 0 Å². The standard InChI is InChI=1S/C16H13BrCl2N2O3/c17-13-3-1-2-4-14(13)21-15(22)8-20-16(23)9-24-12-6-10(18)5-11(19)7-12/h1-7H,8-9H2,(H,20,23)(H,21,22). The lowest BCUT2D eigenvalue weighted by atomic mass is 10.3. The van der Waals surface area contributed by atoms with Crippen molar-refractivity contribution in [1.82, 2.24) is 5.32 Å². The number of ether oxygens (including phenoxy) is 1. The van der Waals surface area contributed by atoms with Crippen LogP contribution in [0.5, 0.6) is 5.75 Å². The van der Waals surface area contributed by atoms with Gasteiger partial charge in [0.1, 0.15) is 5.75 Å². The zero-order valence-electron chi connectivity index (χ0n) is 12.3. The van der Waals surface area contributed by atoms with Crippen LogP contribution in [-0.2, 0) is 9.59 Å². The molecule has 0 spiro atoms. The Hall–Kier alpha value is -1.76. The highest BCUT2D eigenvalue weighted by Crippen LogP contribution is 2.24. The lowest BCUT2D eigenvalue weighted by Gasteiger charge is -2.09. The minimum atomic E-state index is -0.437. The third-order valence-corrected chi connectivity index (χ3v) is 3.93. The highest BCUT2D eigenvalue weighted by atomic mass is 79.9. The molecule has 2 amide bonds. The highest BCUT2D eigenvalue weighted by molar-refractivity contribution is 9.10. The van der Waals surface area contributed by atoms with E-state index in [-0.39, 0.29) is 19.1 Å². The molecule has 0 aromatic heterocycles. The predicted molar refractivity (Wildman–Crippen MR) is 97.7 cm³/mol. The first-order valence-electron chi connectivity index (χ1n) is 6.84. The molecule has 2 rings (SSSR count). The van der Waals surface area contributed by atoms with E-state index < -0.39 is 5.91 Å². The van der Waals surface area contributed by atoms with Crippen LogP contribution >= 0.6 is 39.1 Å². The van der Waals surface area contributed by atoms with Gasteiger partial charge in [0.15, 0.2) is 6.61 Å². The molecule has 0 radical (unpaired) electrons. The van der Waals surface area contributed by atoms with Crippen LogP contribution in [0.25, 0.3) is 0 Å². The smallest absolute Gasteiger partial charge is 0.258 e. The van der Waals surface area contributed by atoms with Crippen LogP contribution in [0.2, 0.25) is 10.0 Å². The van der Waals surface area contributed by atoms with Crippen molar-refractivity contribution >= 4 is 56.6 Å². The zero-order chi connectivity index (χ0) is 17.5. The molecule has 0 aliphatic heterocycles. The first-order valence-corrected chi connectivity index (χ1v) is 8.39. The normalized spacial score (nSPS) is 10.1. The lowest BCUT2D eigenvalue weighted by Crippen LogP contribution is -2.35. The van der Waals surface area contributed by atoms with Gasteiger partial charge in [0, 0.05) is 14.5 Å². The summed E-state index contributed by atoms with van der Waals surface area (Å²) in [5.74, 6) is -0.408. The molecule has 126 valence electrons. The molecule has 5 nitrogen and oxygen atoms in total. The molecular weight excluding hydrogens is 419 g/mol. The predicted octanol–water partition coefficient (Wildman–Crippen LogP) is 3.89. The molecule has 8 heteroatoms. The molecule has 0 heterocycles. The Morgan fingerprint density at radius 1 is 1.04 bits per heavy atom. The minimum Gasteiger partial charge on any atom is -0.484 e. The van der Waals surface area contributed by atoms with Crippen molar-refractivity contribution in [3.05, 3.63) is 57.0 Å². The Balaban J connectivity index is 1.76. The molecule has 0 atom stereocenters. The van der Waals surface area contributed by atoms with Gasteiger partial charge in [0.05, 0.1) is 12.2 Å². The van der Waals surface area contributed by atoms with Gasteiger partial charge >= 0.3 is 0 Å². The van der Waals surface area contributed by atoms with Gasteiger partial charge in [-0.1, -0.05) is 35.3 Å². The molecule has 2 aromatic carbocycles. The molecule has 0 saturated heterocycles. The van der Waals surface area contributed by atoms with Gasteiger partial charge < -0.3 is 15.4 Å². The number of anilines is 1. The Morgan fingerprint density at radius 2 is 1.71 bits per heavy atom. The van der Waals surface area contributed by atoms with Crippen molar-refractivity contribution in [1.29, 1.82) is 0 Å². The number of carbonyl (C=O) groups excluding carboxylic acids is 2. The summed E-state index contributed by atoms with van der Waals surface area (Å²) >= 11 is 15.0. The van der Waals surface area contributed by atoms with Crippen LogP contribution in [0.3, 0.4) is 0 Å². The molecule has 24 heavy (non-hydrogen) atoms. The van der Waals surface area contributed by atoms with E-state index in [1.54, 1.807) is 36.4 Å². The summed E-state index contributed by atoms with van der Waals surface area (Å²) in [6.45, 7) is -0.418. The van der Waals surface area contributed by atoms with E-state index in [2.05, 4.69) is 26.6 Å². The fourth-order valence-corrected chi connectivity index (χ4v) is 2.64. The largest absolute Gasteiger partial charge is 0.484 e. The van der Waals surface area contributed by atoms with Gasteiger partial charge in [-0.25, -0.2) is 0 Å². The summed E-state index contributed by atoms with van der Waals surface area (Å²) in [5, 5.41) is 5.96. The number of nitrogens with one attached hydrogen (secondary N) is 2. The number of amides is 2. The monoisotopic (exact) mass is 430 g/mol. The second kappa shape index (κ2) is 8.92. The summed E-state index contributed by atoms with van der Waals surface area (Å²) in [7, 11) is 0. The van der Waals surface area contributed by atoms with Crippen molar-refractivity contribution in [3.8, 4) is 5.75 Å². The van der Waals surface area contributed by atoms with Gasteiger partial charge in [-0.05, 0) is 46.3 Å². The van der Waals surface area contributed by atoms with Crippen molar-refractivity contribution in [2.75, 3.05) is 18.5 Å². The van der Waals surface area contributed by atoms with Gasteiger partial charge in [0.2, 0.25) is 5.91 Å². The van der Waals surface area contributed by atoms with Crippen molar-refractivity contribution < 1.29 is 14.3 Å². The van der Waals surface area contributed by atoms with Crippen molar-refractivity contribution in [2.45, 2.75) is 0 Å². The summed E-state index contributed by atoms with van der Waals surface area (Å²) in [6.07, 6.45) is 0. The molecule has 0 aliphatic carbocycles. The third kappa shape index (κ3) is 6.03. The number of hydrogen-bond acceptors (Lipinski definition) is 3. The average Bonchev–Trinajstić information content (AvgIpc) is 2.52. The number of benzene rings is 2. The van der Waals surface area contributed by atoms with Crippen LogP contribution in [0, 0.1) is 0 Å². The van der Waals surface area contributed by atoms with Crippen LogP contribution in [0.1, 0.15) is 0 Å². The van der Waals surface area contributed by atoms with Gasteiger partial charge in [-0.15, -0.1) is 0 Å².